The van der Waals surface area contributed by atoms with E-state index in [0.29, 0.717) is 38.9 Å². The second-order valence-electron chi connectivity index (χ2n) is 13.5. The molecule has 1 aliphatic heterocycles. The van der Waals surface area contributed by atoms with E-state index in [0.717, 1.165) is 46.2 Å². The molecule has 0 unspecified atom stereocenters. The van der Waals surface area contributed by atoms with Gasteiger partial charge < -0.3 is 25.4 Å². The van der Waals surface area contributed by atoms with Gasteiger partial charge in [0.15, 0.2) is 6.10 Å². The normalized spacial score (nSPS) is 15.8. The minimum Gasteiger partial charge on any atom is -0.449 e. The lowest BCUT2D eigenvalue weighted by atomic mass is 9.98. The quantitative estimate of drug-likeness (QED) is 0.178. The van der Waals surface area contributed by atoms with Gasteiger partial charge in [-0.1, -0.05) is 97.1 Å². The number of fused-ring (bicyclic) bond motifs is 6. The number of alkyl carbamates (subject to hydrolysis) is 1. The fraction of sp³-hybridized carbons (Fsp3) is 0.341. The second kappa shape index (κ2) is 14.8. The van der Waals surface area contributed by atoms with Crippen molar-refractivity contribution >= 4 is 18.1 Å². The van der Waals surface area contributed by atoms with Crippen molar-refractivity contribution in [3.8, 4) is 22.3 Å². The molecule has 1 fully saturated rings. The van der Waals surface area contributed by atoms with E-state index in [1.54, 1.807) is 7.05 Å². The third-order valence-corrected chi connectivity index (χ3v) is 10.4. The van der Waals surface area contributed by atoms with Crippen molar-refractivity contribution in [1.29, 1.82) is 0 Å². The molecule has 0 saturated carbocycles. The van der Waals surface area contributed by atoms with Gasteiger partial charge in [0, 0.05) is 49.8 Å². The Bertz CT molecular complexity index is 1780. The van der Waals surface area contributed by atoms with E-state index in [2.05, 4.69) is 29.6 Å². The molecule has 258 valence electrons. The Balaban J connectivity index is 0.950. The van der Waals surface area contributed by atoms with Crippen molar-refractivity contribution in [2.24, 2.45) is 5.73 Å². The van der Waals surface area contributed by atoms with E-state index >= 15 is 0 Å². The highest BCUT2D eigenvalue weighted by molar-refractivity contribution is 5.86. The third kappa shape index (κ3) is 6.70. The summed E-state index contributed by atoms with van der Waals surface area (Å²) in [5.41, 5.74) is 14.8. The van der Waals surface area contributed by atoms with Crippen molar-refractivity contribution in [2.75, 3.05) is 33.3 Å². The molecular formula is C41H44N4O5. The summed E-state index contributed by atoms with van der Waals surface area (Å²) >= 11 is 0. The minimum absolute atomic E-state index is 0.00857. The van der Waals surface area contributed by atoms with E-state index in [4.69, 9.17) is 15.2 Å². The molecule has 3 aliphatic rings. The van der Waals surface area contributed by atoms with Gasteiger partial charge in [0.2, 0.25) is 5.91 Å². The molecule has 2 aliphatic carbocycles. The molecule has 1 saturated heterocycles. The molecule has 9 nitrogen and oxygen atoms in total. The lowest BCUT2D eigenvalue weighted by Gasteiger charge is -2.36. The molecule has 0 bridgehead atoms. The number of ether oxygens (including phenoxy) is 2. The van der Waals surface area contributed by atoms with Crippen LogP contribution in [0.3, 0.4) is 0 Å². The van der Waals surface area contributed by atoms with Crippen molar-refractivity contribution in [2.45, 2.75) is 56.2 Å². The number of carbonyl (C=O) groups excluding carboxylic acids is 3. The average Bonchev–Trinajstić information content (AvgIpc) is 3.64. The molecular weight excluding hydrogens is 628 g/mol. The minimum atomic E-state index is -0.710. The number of benzene rings is 4. The van der Waals surface area contributed by atoms with Crippen LogP contribution in [0.5, 0.6) is 0 Å². The maximum Gasteiger partial charge on any atom is 0.411 e. The van der Waals surface area contributed by atoms with Crippen LogP contribution in [0.15, 0.2) is 97.1 Å². The number of likely N-dealkylation sites (N-methyl/N-ethyl adjacent to an activating group) is 1. The van der Waals surface area contributed by atoms with E-state index < -0.39 is 24.3 Å². The van der Waals surface area contributed by atoms with Crippen LogP contribution in [0.2, 0.25) is 0 Å². The summed E-state index contributed by atoms with van der Waals surface area (Å²) in [5, 5.41) is 2.87. The van der Waals surface area contributed by atoms with Gasteiger partial charge in [-0.05, 0) is 65.5 Å². The van der Waals surface area contributed by atoms with Gasteiger partial charge in [0.25, 0.3) is 0 Å². The van der Waals surface area contributed by atoms with Crippen LogP contribution in [0.25, 0.3) is 22.3 Å². The monoisotopic (exact) mass is 672 g/mol. The lowest BCUT2D eigenvalue weighted by Crippen LogP contribution is -2.52. The molecule has 1 heterocycles. The number of rotatable bonds is 10. The maximum absolute atomic E-state index is 13.9. The number of hydrogen-bond acceptors (Lipinski definition) is 6. The molecule has 0 spiro atoms. The van der Waals surface area contributed by atoms with E-state index in [1.807, 2.05) is 77.7 Å². The molecule has 9 heteroatoms. The molecule has 4 aromatic rings. The van der Waals surface area contributed by atoms with Crippen molar-refractivity contribution in [3.05, 3.63) is 119 Å². The lowest BCUT2D eigenvalue weighted by molar-refractivity contribution is -0.137. The first-order chi connectivity index (χ1) is 24.4. The summed E-state index contributed by atoms with van der Waals surface area (Å²) in [5.74, 6) is -0.112. The molecule has 50 heavy (non-hydrogen) atoms. The Morgan fingerprint density at radius 2 is 1.28 bits per heavy atom. The van der Waals surface area contributed by atoms with Crippen LogP contribution in [-0.2, 0) is 14.3 Å². The zero-order chi connectivity index (χ0) is 34.6. The van der Waals surface area contributed by atoms with E-state index in [-0.39, 0.29) is 24.5 Å². The number of amides is 3. The van der Waals surface area contributed by atoms with Gasteiger partial charge in [-0.2, -0.15) is 0 Å². The molecule has 0 aromatic heterocycles. The fourth-order valence-electron chi connectivity index (χ4n) is 7.66. The molecule has 7 rings (SSSR count). The maximum atomic E-state index is 13.9. The largest absolute Gasteiger partial charge is 0.449 e. The van der Waals surface area contributed by atoms with Gasteiger partial charge in [0.1, 0.15) is 12.6 Å². The Hall–Kier alpha value is -5.15. The van der Waals surface area contributed by atoms with Crippen LogP contribution < -0.4 is 11.1 Å². The standard InChI is InChI=1S/C41H44N4O5/c1-44(41(48)50-38-34-18-8-6-14-30(34)31-15-7-9-19-35(31)38)37(39(46)45-24-21-27(42)22-25-45)20-10-11-23-43-40(47)49-26-36-32-16-4-2-12-28(32)29-13-3-5-17-33(29)36/h2-9,12-19,27,36-38H,10-11,20-26,42H2,1H3,(H,43,47)/t37-/m0/s1. The van der Waals surface area contributed by atoms with Crippen molar-refractivity contribution < 1.29 is 23.9 Å². The van der Waals surface area contributed by atoms with Gasteiger partial charge in [-0.3, -0.25) is 9.69 Å². The number of likely N-dealkylation sites (tertiary alicyclic amines) is 1. The number of nitrogens with zero attached hydrogens (tertiary/aromatic N) is 2. The van der Waals surface area contributed by atoms with Crippen LogP contribution in [-0.4, -0.2) is 73.3 Å². The topological polar surface area (TPSA) is 114 Å². The molecule has 0 radical (unpaired) electrons. The van der Waals surface area contributed by atoms with Crippen LogP contribution >= 0.6 is 0 Å². The second-order valence-corrected chi connectivity index (χ2v) is 13.5. The first-order valence-corrected chi connectivity index (χ1v) is 17.7. The van der Waals surface area contributed by atoms with Crippen LogP contribution in [0.4, 0.5) is 9.59 Å². The zero-order valence-electron chi connectivity index (χ0n) is 28.4. The number of nitrogens with two attached hydrogens (primary N) is 1. The Morgan fingerprint density at radius 1 is 0.780 bits per heavy atom. The summed E-state index contributed by atoms with van der Waals surface area (Å²) in [4.78, 5) is 43.6. The van der Waals surface area contributed by atoms with Gasteiger partial charge in [-0.25, -0.2) is 9.59 Å². The summed E-state index contributed by atoms with van der Waals surface area (Å²) in [6, 6.07) is 31.7. The van der Waals surface area contributed by atoms with Crippen molar-refractivity contribution in [3.63, 3.8) is 0 Å². The Labute approximate surface area is 293 Å². The summed E-state index contributed by atoms with van der Waals surface area (Å²) in [6.07, 6.45) is 1.54. The number of carbonyl (C=O) groups is 3. The summed E-state index contributed by atoms with van der Waals surface area (Å²) in [7, 11) is 1.64. The zero-order valence-corrected chi connectivity index (χ0v) is 28.4. The van der Waals surface area contributed by atoms with E-state index in [1.165, 1.54) is 16.0 Å². The van der Waals surface area contributed by atoms with Gasteiger partial charge in [-0.15, -0.1) is 0 Å². The highest BCUT2D eigenvalue weighted by Crippen LogP contribution is 2.46. The molecule has 1 atom stereocenters. The number of nitrogens with one attached hydrogen (secondary N) is 1. The predicted molar refractivity (Wildman–Crippen MR) is 192 cm³/mol. The predicted octanol–water partition coefficient (Wildman–Crippen LogP) is 6.85. The number of unbranched alkanes of at least 4 members (excludes halogenated alkanes) is 1. The van der Waals surface area contributed by atoms with Gasteiger partial charge >= 0.3 is 12.2 Å². The van der Waals surface area contributed by atoms with E-state index in [9.17, 15) is 14.4 Å². The van der Waals surface area contributed by atoms with Gasteiger partial charge in [0.05, 0.1) is 0 Å². The summed E-state index contributed by atoms with van der Waals surface area (Å²) < 4.78 is 11.8. The smallest absolute Gasteiger partial charge is 0.411 e. The first-order valence-electron chi connectivity index (χ1n) is 17.7. The Morgan fingerprint density at radius 3 is 1.84 bits per heavy atom. The molecule has 4 aromatic carbocycles. The third-order valence-electron chi connectivity index (χ3n) is 10.4. The first kappa shape index (κ1) is 33.4. The molecule has 3 N–H and O–H groups in total. The highest BCUT2D eigenvalue weighted by atomic mass is 16.6. The average molecular weight is 673 g/mol. The SMILES string of the molecule is CN(C(=O)OC1c2ccccc2-c2ccccc21)[C@@H](CCCCNC(=O)OCC1c2ccccc2-c2ccccc21)C(=O)N1CCC(N)CC1. The van der Waals surface area contributed by atoms with Crippen LogP contribution in [0, 0.1) is 0 Å². The summed E-state index contributed by atoms with van der Waals surface area (Å²) in [6.45, 7) is 1.76. The highest BCUT2D eigenvalue weighted by Gasteiger charge is 2.36. The van der Waals surface area contributed by atoms with Crippen LogP contribution in [0.1, 0.15) is 66.4 Å². The Kier molecular flexibility index (Phi) is 9.85. The number of hydrogen-bond donors (Lipinski definition) is 2. The van der Waals surface area contributed by atoms with Crippen molar-refractivity contribution in [1.82, 2.24) is 15.1 Å². The number of piperidine rings is 1. The fourth-order valence-corrected chi connectivity index (χ4v) is 7.66. The molecule has 3 amide bonds.